The van der Waals surface area contributed by atoms with Crippen LogP contribution < -0.4 is 10.1 Å². The minimum Gasteiger partial charge on any atom is -0.490 e. The van der Waals surface area contributed by atoms with Gasteiger partial charge in [0.25, 0.3) is 0 Å². The van der Waals surface area contributed by atoms with Gasteiger partial charge in [-0.05, 0) is 29.8 Å². The van der Waals surface area contributed by atoms with Crippen LogP contribution in [0, 0.1) is 0 Å². The van der Waals surface area contributed by atoms with E-state index >= 15 is 0 Å². The molecule has 26 heavy (non-hydrogen) atoms. The summed E-state index contributed by atoms with van der Waals surface area (Å²) in [4.78, 5) is 12.4. The Morgan fingerprint density at radius 3 is 2.77 bits per heavy atom. The molecule has 0 atom stereocenters. The number of para-hydroxylation sites is 1. The summed E-state index contributed by atoms with van der Waals surface area (Å²) in [5, 5.41) is 4.42. The first kappa shape index (κ1) is 18.3. The smallest absolute Gasteiger partial charge is 0.228 e. The van der Waals surface area contributed by atoms with Crippen LogP contribution >= 0.6 is 11.6 Å². The van der Waals surface area contributed by atoms with E-state index in [0.717, 1.165) is 16.5 Å². The van der Waals surface area contributed by atoms with Gasteiger partial charge < -0.3 is 19.4 Å². The van der Waals surface area contributed by atoms with Gasteiger partial charge in [-0.3, -0.25) is 4.79 Å². The highest BCUT2D eigenvalue weighted by atomic mass is 35.5. The molecule has 0 unspecified atom stereocenters. The molecule has 0 spiro atoms. The summed E-state index contributed by atoms with van der Waals surface area (Å²) in [6, 6.07) is 13.2. The first-order chi connectivity index (χ1) is 12.6. The fourth-order valence-corrected chi connectivity index (χ4v) is 3.11. The van der Waals surface area contributed by atoms with Crippen LogP contribution in [-0.4, -0.2) is 30.8 Å². The van der Waals surface area contributed by atoms with Crippen molar-refractivity contribution < 1.29 is 14.3 Å². The molecule has 6 heteroatoms. The SMILES string of the molecule is COCCOc1ccc(NC(=O)Cc2cn(C)c3ccccc23)cc1Cl. The number of halogens is 1. The number of aromatic nitrogens is 1. The van der Waals surface area contributed by atoms with E-state index in [0.29, 0.717) is 36.1 Å². The van der Waals surface area contributed by atoms with Crippen molar-refractivity contribution in [3.05, 3.63) is 59.2 Å². The zero-order valence-corrected chi connectivity index (χ0v) is 15.5. The minimum absolute atomic E-state index is 0.0922. The molecule has 1 aromatic heterocycles. The second-order valence-corrected chi connectivity index (χ2v) is 6.40. The number of hydrogen-bond donors (Lipinski definition) is 1. The van der Waals surface area contributed by atoms with E-state index in [4.69, 9.17) is 21.1 Å². The molecule has 3 aromatic rings. The fraction of sp³-hybridized carbons (Fsp3) is 0.250. The number of nitrogens with zero attached hydrogens (tertiary/aromatic N) is 1. The highest BCUT2D eigenvalue weighted by Gasteiger charge is 2.11. The largest absolute Gasteiger partial charge is 0.490 e. The first-order valence-corrected chi connectivity index (χ1v) is 8.70. The van der Waals surface area contributed by atoms with Crippen LogP contribution in [0.1, 0.15) is 5.56 Å². The zero-order valence-electron chi connectivity index (χ0n) is 14.8. The molecule has 0 saturated carbocycles. The van der Waals surface area contributed by atoms with Gasteiger partial charge in [0.05, 0.1) is 18.1 Å². The highest BCUT2D eigenvalue weighted by Crippen LogP contribution is 2.28. The molecular weight excluding hydrogens is 352 g/mol. The number of rotatable bonds is 7. The Hall–Kier alpha value is -2.50. The number of carbonyl (C=O) groups excluding carboxylic acids is 1. The van der Waals surface area contributed by atoms with Crippen molar-refractivity contribution in [1.82, 2.24) is 4.57 Å². The summed E-state index contributed by atoms with van der Waals surface area (Å²) < 4.78 is 12.5. The number of methoxy groups -OCH3 is 1. The lowest BCUT2D eigenvalue weighted by Gasteiger charge is -2.10. The Morgan fingerprint density at radius 1 is 1.19 bits per heavy atom. The zero-order chi connectivity index (χ0) is 18.5. The van der Waals surface area contributed by atoms with Crippen molar-refractivity contribution in [2.45, 2.75) is 6.42 Å². The van der Waals surface area contributed by atoms with E-state index in [-0.39, 0.29) is 5.91 Å². The molecule has 0 saturated heterocycles. The number of fused-ring (bicyclic) bond motifs is 1. The number of carbonyl (C=O) groups is 1. The molecule has 2 aromatic carbocycles. The molecule has 1 amide bonds. The lowest BCUT2D eigenvalue weighted by Crippen LogP contribution is -2.14. The van der Waals surface area contributed by atoms with Crippen LogP contribution in [0.3, 0.4) is 0 Å². The van der Waals surface area contributed by atoms with Crippen molar-refractivity contribution in [1.29, 1.82) is 0 Å². The molecule has 1 heterocycles. The van der Waals surface area contributed by atoms with E-state index in [2.05, 4.69) is 5.32 Å². The maximum Gasteiger partial charge on any atom is 0.228 e. The van der Waals surface area contributed by atoms with Crippen molar-refractivity contribution in [2.24, 2.45) is 7.05 Å². The van der Waals surface area contributed by atoms with Crippen molar-refractivity contribution >= 4 is 34.1 Å². The summed E-state index contributed by atoms with van der Waals surface area (Å²) in [6.45, 7) is 0.906. The molecular formula is C20H21ClN2O3. The second-order valence-electron chi connectivity index (χ2n) is 5.99. The third-order valence-corrected chi connectivity index (χ3v) is 4.39. The van der Waals surface area contributed by atoms with Crippen LogP contribution in [0.2, 0.25) is 5.02 Å². The van der Waals surface area contributed by atoms with Gasteiger partial charge in [-0.25, -0.2) is 0 Å². The molecule has 136 valence electrons. The molecule has 1 N–H and O–H groups in total. The molecule has 0 aliphatic heterocycles. The van der Waals surface area contributed by atoms with Crippen LogP contribution in [-0.2, 0) is 23.0 Å². The van der Waals surface area contributed by atoms with E-state index in [9.17, 15) is 4.79 Å². The number of amides is 1. The molecule has 0 aliphatic carbocycles. The highest BCUT2D eigenvalue weighted by molar-refractivity contribution is 6.32. The van der Waals surface area contributed by atoms with Gasteiger partial charge in [-0.1, -0.05) is 29.8 Å². The molecule has 0 fully saturated rings. The normalized spacial score (nSPS) is 10.9. The monoisotopic (exact) mass is 372 g/mol. The van der Waals surface area contributed by atoms with Gasteiger partial charge in [0.1, 0.15) is 12.4 Å². The number of nitrogens with one attached hydrogen (secondary N) is 1. The van der Waals surface area contributed by atoms with E-state index < -0.39 is 0 Å². The third-order valence-electron chi connectivity index (χ3n) is 4.09. The van der Waals surface area contributed by atoms with Gasteiger partial charge >= 0.3 is 0 Å². The van der Waals surface area contributed by atoms with E-state index in [1.54, 1.807) is 25.3 Å². The van der Waals surface area contributed by atoms with Crippen LogP contribution in [0.4, 0.5) is 5.69 Å². The molecule has 3 rings (SSSR count). The summed E-state index contributed by atoms with van der Waals surface area (Å²) in [5.74, 6) is 0.473. The summed E-state index contributed by atoms with van der Waals surface area (Å²) in [6.07, 6.45) is 2.29. The quantitative estimate of drug-likeness (QED) is 0.637. The first-order valence-electron chi connectivity index (χ1n) is 8.32. The van der Waals surface area contributed by atoms with Gasteiger partial charge in [-0.15, -0.1) is 0 Å². The Balaban J connectivity index is 1.67. The van der Waals surface area contributed by atoms with E-state index in [1.807, 2.05) is 42.1 Å². The Morgan fingerprint density at radius 2 is 2.00 bits per heavy atom. The fourth-order valence-electron chi connectivity index (χ4n) is 2.88. The lowest BCUT2D eigenvalue weighted by molar-refractivity contribution is -0.115. The van der Waals surface area contributed by atoms with Crippen LogP contribution in [0.25, 0.3) is 10.9 Å². The van der Waals surface area contributed by atoms with Gasteiger partial charge in [-0.2, -0.15) is 0 Å². The van der Waals surface area contributed by atoms with Gasteiger partial charge in [0, 0.05) is 36.9 Å². The minimum atomic E-state index is -0.0922. The number of benzene rings is 2. The van der Waals surface area contributed by atoms with Crippen molar-refractivity contribution in [2.75, 3.05) is 25.6 Å². The third kappa shape index (κ3) is 4.18. The van der Waals surface area contributed by atoms with Crippen LogP contribution in [0.15, 0.2) is 48.7 Å². The maximum absolute atomic E-state index is 12.4. The van der Waals surface area contributed by atoms with Crippen LogP contribution in [0.5, 0.6) is 5.75 Å². The molecule has 0 bridgehead atoms. The average molecular weight is 373 g/mol. The molecule has 0 radical (unpaired) electrons. The molecule has 0 aliphatic rings. The Labute approximate surface area is 157 Å². The number of ether oxygens (including phenoxy) is 2. The van der Waals surface area contributed by atoms with Crippen molar-refractivity contribution in [3.8, 4) is 5.75 Å². The topological polar surface area (TPSA) is 52.5 Å². The second kappa shape index (κ2) is 8.25. The summed E-state index contributed by atoms with van der Waals surface area (Å²) in [7, 11) is 3.59. The number of aryl methyl sites for hydroxylation is 1. The maximum atomic E-state index is 12.4. The number of hydrogen-bond acceptors (Lipinski definition) is 3. The Bertz CT molecular complexity index is 921. The standard InChI is InChI=1S/C20H21ClN2O3/c1-23-13-14(16-5-3-4-6-18(16)23)11-20(24)22-15-7-8-19(17(21)12-15)26-10-9-25-2/h3-8,12-13H,9-11H2,1-2H3,(H,22,24). The average Bonchev–Trinajstić information content (AvgIpc) is 2.93. The van der Waals surface area contributed by atoms with E-state index in [1.165, 1.54) is 0 Å². The molecule has 5 nitrogen and oxygen atoms in total. The van der Waals surface area contributed by atoms with Gasteiger partial charge in [0.2, 0.25) is 5.91 Å². The summed E-state index contributed by atoms with van der Waals surface area (Å²) in [5.41, 5.74) is 2.74. The van der Waals surface area contributed by atoms with Gasteiger partial charge in [0.15, 0.2) is 0 Å². The number of anilines is 1. The predicted octanol–water partition coefficient (Wildman–Crippen LogP) is 4.04. The Kier molecular flexibility index (Phi) is 5.81. The summed E-state index contributed by atoms with van der Waals surface area (Å²) >= 11 is 6.21. The predicted molar refractivity (Wildman–Crippen MR) is 104 cm³/mol. The lowest BCUT2D eigenvalue weighted by atomic mass is 10.1. The van der Waals surface area contributed by atoms with Crippen molar-refractivity contribution in [3.63, 3.8) is 0 Å².